The number of carbonyl (C=O) groups excluding carboxylic acids is 1. The summed E-state index contributed by atoms with van der Waals surface area (Å²) in [5, 5.41) is 0. The summed E-state index contributed by atoms with van der Waals surface area (Å²) >= 11 is 0. The summed E-state index contributed by atoms with van der Waals surface area (Å²) in [6, 6.07) is 7.73. The molecule has 6 heteroatoms. The van der Waals surface area contributed by atoms with Gasteiger partial charge in [0.25, 0.3) is 0 Å². The average molecular weight is 231 g/mol. The molecule has 1 aromatic carbocycles. The lowest BCUT2D eigenvalue weighted by atomic mass is 10.3. The Morgan fingerprint density at radius 1 is 1.31 bits per heavy atom. The van der Waals surface area contributed by atoms with E-state index >= 15 is 0 Å². The van der Waals surface area contributed by atoms with Gasteiger partial charge in [-0.2, -0.15) is 13.2 Å². The fourth-order valence-corrected chi connectivity index (χ4v) is 0.987. The third kappa shape index (κ3) is 3.72. The van der Waals surface area contributed by atoms with Crippen LogP contribution in [0.1, 0.15) is 5.89 Å². The summed E-state index contributed by atoms with van der Waals surface area (Å²) < 4.78 is 36.5. The predicted octanol–water partition coefficient (Wildman–Crippen LogP) is 2.88. The van der Waals surface area contributed by atoms with Crippen molar-refractivity contribution in [3.8, 4) is 0 Å². The van der Waals surface area contributed by atoms with Crippen LogP contribution in [-0.2, 0) is 4.79 Å². The van der Waals surface area contributed by atoms with E-state index in [1.807, 2.05) is 31.2 Å². The van der Waals surface area contributed by atoms with Gasteiger partial charge in [0.2, 0.25) is 6.29 Å². The van der Waals surface area contributed by atoms with Crippen LogP contribution in [0.4, 0.5) is 13.2 Å². The molecule has 2 rings (SSSR count). The normalized spacial score (nSPS) is 10.8. The Bertz CT molecular complexity index is 443. The highest BCUT2D eigenvalue weighted by atomic mass is 19.4. The summed E-state index contributed by atoms with van der Waals surface area (Å²) in [7, 11) is 0. The van der Waals surface area contributed by atoms with Crippen LogP contribution in [0.5, 0.6) is 0 Å². The molecule has 0 atom stereocenters. The van der Waals surface area contributed by atoms with E-state index < -0.39 is 12.5 Å². The van der Waals surface area contributed by atoms with Crippen LogP contribution in [0.25, 0.3) is 11.1 Å². The number of aryl methyl sites for hydroxylation is 1. The van der Waals surface area contributed by atoms with Gasteiger partial charge < -0.3 is 4.42 Å². The van der Waals surface area contributed by atoms with Gasteiger partial charge >= 0.3 is 6.18 Å². The quantitative estimate of drug-likeness (QED) is 0.655. The Morgan fingerprint density at radius 2 is 1.88 bits per heavy atom. The number of hydrogen-bond acceptors (Lipinski definition) is 3. The topological polar surface area (TPSA) is 43.1 Å². The standard InChI is InChI=1S/C8H7NO.C2HF3O/c1-6-9-7-4-2-3-5-8(7)10-6;3-2(4,5)1-6/h2-5H,1H3;1H. The Morgan fingerprint density at radius 3 is 2.38 bits per heavy atom. The molecule has 0 N–H and O–H groups in total. The van der Waals surface area contributed by atoms with Crippen molar-refractivity contribution in [1.29, 1.82) is 0 Å². The molecule has 0 fully saturated rings. The van der Waals surface area contributed by atoms with Crippen molar-refractivity contribution in [2.45, 2.75) is 13.1 Å². The summed E-state index contributed by atoms with van der Waals surface area (Å²) in [5.74, 6) is 0.723. The first-order chi connectivity index (χ1) is 7.42. The van der Waals surface area contributed by atoms with Gasteiger partial charge in [-0.05, 0) is 12.1 Å². The van der Waals surface area contributed by atoms with Crippen LogP contribution in [0.2, 0.25) is 0 Å². The third-order valence-corrected chi connectivity index (χ3v) is 1.53. The smallest absolute Gasteiger partial charge is 0.441 e. The molecule has 16 heavy (non-hydrogen) atoms. The van der Waals surface area contributed by atoms with Gasteiger partial charge in [0.15, 0.2) is 11.5 Å². The van der Waals surface area contributed by atoms with Crippen molar-refractivity contribution in [3.63, 3.8) is 0 Å². The Balaban J connectivity index is 0.000000187. The number of aldehydes is 1. The number of rotatable bonds is 0. The number of halogens is 3. The van der Waals surface area contributed by atoms with Crippen molar-refractivity contribution in [3.05, 3.63) is 30.2 Å². The molecule has 0 amide bonds. The highest BCUT2D eigenvalue weighted by molar-refractivity contribution is 5.71. The summed E-state index contributed by atoms with van der Waals surface area (Å²) in [4.78, 5) is 12.8. The molecule has 0 aliphatic carbocycles. The second-order valence-corrected chi connectivity index (χ2v) is 2.86. The van der Waals surface area contributed by atoms with E-state index in [1.165, 1.54) is 0 Å². The molecule has 0 aliphatic rings. The maximum atomic E-state index is 10.4. The van der Waals surface area contributed by atoms with Crippen molar-refractivity contribution in [2.24, 2.45) is 0 Å². The molecule has 0 saturated carbocycles. The number of carbonyl (C=O) groups is 1. The lowest BCUT2D eigenvalue weighted by Gasteiger charge is -1.87. The third-order valence-electron chi connectivity index (χ3n) is 1.53. The largest absolute Gasteiger partial charge is 0.446 e. The molecule has 0 radical (unpaired) electrons. The highest BCUT2D eigenvalue weighted by Crippen LogP contribution is 2.12. The fraction of sp³-hybridized carbons (Fsp3) is 0.200. The molecule has 86 valence electrons. The van der Waals surface area contributed by atoms with E-state index in [4.69, 9.17) is 9.21 Å². The minimum atomic E-state index is -4.64. The molecule has 0 unspecified atom stereocenters. The average Bonchev–Trinajstić information content (AvgIpc) is 2.57. The van der Waals surface area contributed by atoms with E-state index in [1.54, 1.807) is 0 Å². The molecule has 0 aliphatic heterocycles. The summed E-state index contributed by atoms with van der Waals surface area (Å²) in [6.45, 7) is 1.85. The SMILES string of the molecule is Cc1nc2ccccc2o1.O=CC(F)(F)F. The van der Waals surface area contributed by atoms with Crippen LogP contribution in [-0.4, -0.2) is 17.4 Å². The number of nitrogens with zero attached hydrogens (tertiary/aromatic N) is 1. The van der Waals surface area contributed by atoms with Crippen molar-refractivity contribution in [1.82, 2.24) is 4.98 Å². The summed E-state index contributed by atoms with van der Waals surface area (Å²) in [6.07, 6.45) is -5.70. The Hall–Kier alpha value is -1.85. The van der Waals surface area contributed by atoms with Crippen molar-refractivity contribution >= 4 is 17.4 Å². The fourth-order valence-electron chi connectivity index (χ4n) is 0.987. The van der Waals surface area contributed by atoms with E-state index in [2.05, 4.69) is 4.98 Å². The minimum absolute atomic E-state index is 0.723. The Labute approximate surface area is 88.9 Å². The van der Waals surface area contributed by atoms with Gasteiger partial charge in [0, 0.05) is 6.92 Å². The van der Waals surface area contributed by atoms with E-state index in [-0.39, 0.29) is 0 Å². The van der Waals surface area contributed by atoms with Gasteiger partial charge in [0.05, 0.1) is 0 Å². The van der Waals surface area contributed by atoms with Gasteiger partial charge in [-0.25, -0.2) is 4.98 Å². The van der Waals surface area contributed by atoms with E-state index in [9.17, 15) is 13.2 Å². The monoisotopic (exact) mass is 231 g/mol. The van der Waals surface area contributed by atoms with Crippen LogP contribution in [0, 0.1) is 6.92 Å². The number of oxazole rings is 1. The molecule has 1 aromatic heterocycles. The molecular formula is C10H8F3NO2. The molecule has 1 heterocycles. The maximum Gasteiger partial charge on any atom is 0.446 e. The number of para-hydroxylation sites is 2. The Kier molecular flexibility index (Phi) is 3.65. The minimum Gasteiger partial charge on any atom is -0.441 e. The second kappa shape index (κ2) is 4.78. The molecule has 2 aromatic rings. The van der Waals surface area contributed by atoms with E-state index in [0.29, 0.717) is 0 Å². The second-order valence-electron chi connectivity index (χ2n) is 2.86. The predicted molar refractivity (Wildman–Crippen MR) is 50.9 cm³/mol. The lowest BCUT2D eigenvalue weighted by Crippen LogP contribution is -2.07. The maximum absolute atomic E-state index is 10.4. The van der Waals surface area contributed by atoms with Gasteiger partial charge in [-0.3, -0.25) is 4.79 Å². The highest BCUT2D eigenvalue weighted by Gasteiger charge is 2.24. The van der Waals surface area contributed by atoms with Gasteiger partial charge in [-0.1, -0.05) is 12.1 Å². The zero-order valence-corrected chi connectivity index (χ0v) is 8.28. The van der Waals surface area contributed by atoms with Crippen molar-refractivity contribution < 1.29 is 22.4 Å². The van der Waals surface area contributed by atoms with Crippen molar-refractivity contribution in [2.75, 3.05) is 0 Å². The number of aromatic nitrogens is 1. The zero-order chi connectivity index (χ0) is 12.2. The number of alkyl halides is 3. The lowest BCUT2D eigenvalue weighted by molar-refractivity contribution is -0.156. The molecule has 0 saturated heterocycles. The first kappa shape index (κ1) is 12.2. The van der Waals surface area contributed by atoms with Crippen LogP contribution >= 0.6 is 0 Å². The molecule has 0 bridgehead atoms. The molecule has 0 spiro atoms. The first-order valence-electron chi connectivity index (χ1n) is 4.27. The molecule has 3 nitrogen and oxygen atoms in total. The number of fused-ring (bicyclic) bond motifs is 1. The van der Waals surface area contributed by atoms with Crippen LogP contribution < -0.4 is 0 Å². The number of benzene rings is 1. The van der Waals surface area contributed by atoms with Crippen LogP contribution in [0.15, 0.2) is 28.7 Å². The first-order valence-corrected chi connectivity index (χ1v) is 4.27. The number of hydrogen-bond donors (Lipinski definition) is 0. The summed E-state index contributed by atoms with van der Waals surface area (Å²) in [5.41, 5.74) is 1.79. The van der Waals surface area contributed by atoms with Gasteiger partial charge in [0.1, 0.15) is 5.52 Å². The van der Waals surface area contributed by atoms with E-state index in [0.717, 1.165) is 17.0 Å². The van der Waals surface area contributed by atoms with Gasteiger partial charge in [-0.15, -0.1) is 0 Å². The zero-order valence-electron chi connectivity index (χ0n) is 8.28. The van der Waals surface area contributed by atoms with Crippen LogP contribution in [0.3, 0.4) is 0 Å². The molecular weight excluding hydrogens is 223 g/mol.